The van der Waals surface area contributed by atoms with E-state index in [1.807, 2.05) is 31.2 Å². The molecular weight excluding hydrogens is 254 g/mol. The summed E-state index contributed by atoms with van der Waals surface area (Å²) >= 11 is 0. The van der Waals surface area contributed by atoms with Crippen molar-refractivity contribution in [3.05, 3.63) is 48.0 Å². The molecule has 104 valence electrons. The van der Waals surface area contributed by atoms with Crippen molar-refractivity contribution in [2.24, 2.45) is 0 Å². The molecule has 20 heavy (non-hydrogen) atoms. The van der Waals surface area contributed by atoms with Crippen molar-refractivity contribution < 1.29 is 14.3 Å². The molecule has 0 saturated carbocycles. The van der Waals surface area contributed by atoms with E-state index in [2.05, 4.69) is 0 Å². The normalized spacial score (nSPS) is 10.1. The van der Waals surface area contributed by atoms with Gasteiger partial charge in [-0.1, -0.05) is 12.1 Å². The van der Waals surface area contributed by atoms with E-state index in [9.17, 15) is 4.79 Å². The Morgan fingerprint density at radius 1 is 1.10 bits per heavy atom. The van der Waals surface area contributed by atoms with Gasteiger partial charge in [0.25, 0.3) is 0 Å². The summed E-state index contributed by atoms with van der Waals surface area (Å²) in [5.41, 5.74) is 6.90. The standard InChI is InChI=1S/C16H17NO3/c1-3-19-15-6-4-5-7-16(15)20-14-9-8-12(11(2)18)10-13(14)17/h4-10H,3,17H2,1-2H3. The first-order valence-electron chi connectivity index (χ1n) is 6.42. The Morgan fingerprint density at radius 3 is 2.40 bits per heavy atom. The van der Waals surface area contributed by atoms with E-state index in [1.54, 1.807) is 18.2 Å². The van der Waals surface area contributed by atoms with E-state index in [-0.39, 0.29) is 5.78 Å². The second-order valence-electron chi connectivity index (χ2n) is 4.29. The molecule has 0 spiro atoms. The molecule has 0 aliphatic rings. The number of benzene rings is 2. The van der Waals surface area contributed by atoms with E-state index in [1.165, 1.54) is 6.92 Å². The second-order valence-corrected chi connectivity index (χ2v) is 4.29. The number of carbonyl (C=O) groups excluding carboxylic acids is 1. The van der Waals surface area contributed by atoms with Gasteiger partial charge in [-0.2, -0.15) is 0 Å². The zero-order valence-corrected chi connectivity index (χ0v) is 11.6. The highest BCUT2D eigenvalue weighted by Gasteiger charge is 2.09. The van der Waals surface area contributed by atoms with Gasteiger partial charge in [0.15, 0.2) is 23.0 Å². The molecular formula is C16H17NO3. The van der Waals surface area contributed by atoms with Crippen LogP contribution in [0.5, 0.6) is 17.2 Å². The number of carbonyl (C=O) groups is 1. The number of ether oxygens (including phenoxy) is 2. The van der Waals surface area contributed by atoms with E-state index < -0.39 is 0 Å². The van der Waals surface area contributed by atoms with Crippen LogP contribution in [-0.2, 0) is 0 Å². The fraction of sp³-hybridized carbons (Fsp3) is 0.188. The van der Waals surface area contributed by atoms with Crippen molar-refractivity contribution in [1.82, 2.24) is 0 Å². The SMILES string of the molecule is CCOc1ccccc1Oc1ccc(C(C)=O)cc1N. The topological polar surface area (TPSA) is 61.5 Å². The van der Waals surface area contributed by atoms with E-state index in [4.69, 9.17) is 15.2 Å². The Balaban J connectivity index is 2.28. The monoisotopic (exact) mass is 271 g/mol. The highest BCUT2D eigenvalue weighted by atomic mass is 16.5. The average molecular weight is 271 g/mol. The molecule has 4 nitrogen and oxygen atoms in total. The number of anilines is 1. The number of hydrogen-bond donors (Lipinski definition) is 1. The number of ketones is 1. The molecule has 0 saturated heterocycles. The molecule has 0 aliphatic carbocycles. The summed E-state index contributed by atoms with van der Waals surface area (Å²) in [5.74, 6) is 1.72. The van der Waals surface area contributed by atoms with Crippen LogP contribution in [0, 0.1) is 0 Å². The Bertz CT molecular complexity index is 623. The molecule has 0 aliphatic heterocycles. The Kier molecular flexibility index (Phi) is 4.25. The van der Waals surface area contributed by atoms with Crippen LogP contribution in [0.25, 0.3) is 0 Å². The second kappa shape index (κ2) is 6.10. The summed E-state index contributed by atoms with van der Waals surface area (Å²) < 4.78 is 11.3. The first-order valence-corrected chi connectivity index (χ1v) is 6.42. The van der Waals surface area contributed by atoms with E-state index in [0.29, 0.717) is 35.1 Å². The predicted octanol–water partition coefficient (Wildman–Crippen LogP) is 3.66. The third kappa shape index (κ3) is 3.09. The maximum atomic E-state index is 11.3. The number of nitrogen functional groups attached to an aromatic ring is 1. The molecule has 2 N–H and O–H groups in total. The van der Waals surface area contributed by atoms with Gasteiger partial charge >= 0.3 is 0 Å². The first kappa shape index (κ1) is 13.9. The lowest BCUT2D eigenvalue weighted by molar-refractivity contribution is 0.101. The average Bonchev–Trinajstić information content (AvgIpc) is 2.43. The number of rotatable bonds is 5. The van der Waals surface area contributed by atoms with Crippen LogP contribution < -0.4 is 15.2 Å². The van der Waals surface area contributed by atoms with Crippen molar-refractivity contribution in [1.29, 1.82) is 0 Å². The summed E-state index contributed by atoms with van der Waals surface area (Å²) in [6.07, 6.45) is 0. The van der Waals surface area contributed by atoms with Gasteiger partial charge in [0.1, 0.15) is 0 Å². The zero-order valence-electron chi connectivity index (χ0n) is 11.6. The molecule has 0 fully saturated rings. The van der Waals surface area contributed by atoms with Gasteiger partial charge in [-0.3, -0.25) is 4.79 Å². The molecule has 0 unspecified atom stereocenters. The minimum atomic E-state index is -0.0297. The molecule has 0 radical (unpaired) electrons. The number of Topliss-reactive ketones (excluding diaryl/α,β-unsaturated/α-hetero) is 1. The van der Waals surface area contributed by atoms with Crippen LogP contribution in [0.15, 0.2) is 42.5 Å². The highest BCUT2D eigenvalue weighted by Crippen LogP contribution is 2.34. The molecule has 0 heterocycles. The summed E-state index contributed by atoms with van der Waals surface area (Å²) in [6.45, 7) is 3.96. The van der Waals surface area contributed by atoms with Gasteiger partial charge in [-0.25, -0.2) is 0 Å². The van der Waals surface area contributed by atoms with Gasteiger partial charge < -0.3 is 15.2 Å². The molecule has 0 amide bonds. The largest absolute Gasteiger partial charge is 0.490 e. The third-order valence-electron chi connectivity index (χ3n) is 2.79. The molecule has 0 aromatic heterocycles. The Labute approximate surface area is 118 Å². The molecule has 2 rings (SSSR count). The van der Waals surface area contributed by atoms with Gasteiger partial charge in [-0.05, 0) is 44.2 Å². The maximum Gasteiger partial charge on any atom is 0.169 e. The summed E-state index contributed by atoms with van der Waals surface area (Å²) in [5, 5.41) is 0. The van der Waals surface area contributed by atoms with Gasteiger partial charge in [-0.15, -0.1) is 0 Å². The lowest BCUT2D eigenvalue weighted by atomic mass is 10.1. The van der Waals surface area contributed by atoms with Gasteiger partial charge in [0.2, 0.25) is 0 Å². The van der Waals surface area contributed by atoms with Crippen LogP contribution in [0.3, 0.4) is 0 Å². The van der Waals surface area contributed by atoms with Gasteiger partial charge in [0, 0.05) is 5.56 Å². The van der Waals surface area contributed by atoms with Crippen molar-refractivity contribution >= 4 is 11.5 Å². The summed E-state index contributed by atoms with van der Waals surface area (Å²) in [7, 11) is 0. The smallest absolute Gasteiger partial charge is 0.169 e. The molecule has 0 atom stereocenters. The molecule has 2 aromatic rings. The molecule has 4 heteroatoms. The van der Waals surface area contributed by atoms with E-state index in [0.717, 1.165) is 0 Å². The van der Waals surface area contributed by atoms with Gasteiger partial charge in [0.05, 0.1) is 12.3 Å². The fourth-order valence-corrected chi connectivity index (χ4v) is 1.79. The fourth-order valence-electron chi connectivity index (χ4n) is 1.79. The molecule has 2 aromatic carbocycles. The lowest BCUT2D eigenvalue weighted by Gasteiger charge is -2.13. The Hall–Kier alpha value is -2.49. The lowest BCUT2D eigenvalue weighted by Crippen LogP contribution is -1.99. The quantitative estimate of drug-likeness (QED) is 0.666. The highest BCUT2D eigenvalue weighted by molar-refractivity contribution is 5.95. The number of nitrogens with two attached hydrogens (primary N) is 1. The van der Waals surface area contributed by atoms with Crippen LogP contribution >= 0.6 is 0 Å². The van der Waals surface area contributed by atoms with Crippen LogP contribution in [0.4, 0.5) is 5.69 Å². The zero-order chi connectivity index (χ0) is 14.5. The van der Waals surface area contributed by atoms with E-state index >= 15 is 0 Å². The van der Waals surface area contributed by atoms with Crippen LogP contribution in [0.2, 0.25) is 0 Å². The summed E-state index contributed by atoms with van der Waals surface area (Å²) in [6, 6.07) is 12.4. The van der Waals surface area contributed by atoms with Crippen molar-refractivity contribution in [3.8, 4) is 17.2 Å². The van der Waals surface area contributed by atoms with Crippen molar-refractivity contribution in [2.45, 2.75) is 13.8 Å². The van der Waals surface area contributed by atoms with Crippen LogP contribution in [0.1, 0.15) is 24.2 Å². The third-order valence-corrected chi connectivity index (χ3v) is 2.79. The maximum absolute atomic E-state index is 11.3. The minimum absolute atomic E-state index is 0.0297. The van der Waals surface area contributed by atoms with Crippen molar-refractivity contribution in [2.75, 3.05) is 12.3 Å². The summed E-state index contributed by atoms with van der Waals surface area (Å²) in [4.78, 5) is 11.3. The minimum Gasteiger partial charge on any atom is -0.490 e. The Morgan fingerprint density at radius 2 is 1.80 bits per heavy atom. The molecule has 0 bridgehead atoms. The first-order chi connectivity index (χ1) is 9.61. The van der Waals surface area contributed by atoms with Crippen molar-refractivity contribution in [3.63, 3.8) is 0 Å². The number of para-hydroxylation sites is 2. The predicted molar refractivity (Wildman–Crippen MR) is 78.5 cm³/mol. The number of hydrogen-bond acceptors (Lipinski definition) is 4. The van der Waals surface area contributed by atoms with Crippen LogP contribution in [-0.4, -0.2) is 12.4 Å².